The van der Waals surface area contributed by atoms with Crippen molar-refractivity contribution in [2.75, 3.05) is 13.2 Å². The van der Waals surface area contributed by atoms with Crippen molar-refractivity contribution in [3.63, 3.8) is 0 Å². The molecule has 1 fully saturated rings. The van der Waals surface area contributed by atoms with E-state index in [0.717, 1.165) is 19.6 Å². The maximum Gasteiger partial charge on any atom is 0.133 e. The lowest BCUT2D eigenvalue weighted by molar-refractivity contribution is -0.117. The lowest BCUT2D eigenvalue weighted by atomic mass is 9.86. The van der Waals surface area contributed by atoms with Crippen LogP contribution in [0.3, 0.4) is 0 Å². The first-order valence-corrected chi connectivity index (χ1v) is 4.12. The van der Waals surface area contributed by atoms with Gasteiger partial charge in [0, 0.05) is 26.6 Å². The smallest absolute Gasteiger partial charge is 0.133 e. The normalized spacial score (nSPS) is 31.8. The molecule has 0 N–H and O–H groups in total. The Hall–Kier alpha value is -0.370. The molecular weight excluding hydrogens is 140 g/mol. The van der Waals surface area contributed by atoms with Gasteiger partial charge in [-0.25, -0.2) is 0 Å². The highest BCUT2D eigenvalue weighted by molar-refractivity contribution is 5.82. The van der Waals surface area contributed by atoms with E-state index in [-0.39, 0.29) is 5.78 Å². The second-order valence-electron chi connectivity index (χ2n) is 3.34. The van der Waals surface area contributed by atoms with Gasteiger partial charge < -0.3 is 4.74 Å². The minimum Gasteiger partial charge on any atom is -0.381 e. The average molecular weight is 155 g/mol. The summed E-state index contributed by atoms with van der Waals surface area (Å²) in [5.74, 6) is 1.09. The van der Waals surface area contributed by atoms with Crippen molar-refractivity contribution in [1.29, 1.82) is 0 Å². The minimum atomic E-state index is 0.0590. The van der Waals surface area contributed by atoms with Gasteiger partial charge in [-0.2, -0.15) is 0 Å². The Bertz CT molecular complexity index is 142. The largest absolute Gasteiger partial charge is 0.381 e. The molecule has 0 aromatic heterocycles. The van der Waals surface area contributed by atoms with Crippen molar-refractivity contribution in [2.24, 2.45) is 11.8 Å². The topological polar surface area (TPSA) is 26.3 Å². The average Bonchev–Trinajstić information content (AvgIpc) is 1.93. The third-order valence-electron chi connectivity index (χ3n) is 2.31. The SMILES string of the molecule is [CH2]C(=O)CC1CCOCC1C. The van der Waals surface area contributed by atoms with Crippen LogP contribution in [0.25, 0.3) is 0 Å². The first-order chi connectivity index (χ1) is 5.20. The van der Waals surface area contributed by atoms with Crippen LogP contribution in [-0.2, 0) is 9.53 Å². The summed E-state index contributed by atoms with van der Waals surface area (Å²) < 4.78 is 5.26. The van der Waals surface area contributed by atoms with E-state index in [2.05, 4.69) is 13.8 Å². The molecule has 0 amide bonds. The van der Waals surface area contributed by atoms with Crippen molar-refractivity contribution >= 4 is 5.78 Å². The molecule has 0 bridgehead atoms. The Kier molecular flexibility index (Phi) is 3.06. The highest BCUT2D eigenvalue weighted by atomic mass is 16.5. The van der Waals surface area contributed by atoms with Gasteiger partial charge in [0.25, 0.3) is 0 Å². The standard InChI is InChI=1S/C9H15O2/c1-7-6-11-4-3-9(7)5-8(2)10/h7,9H,2-6H2,1H3. The zero-order valence-corrected chi connectivity index (χ0v) is 7.01. The molecular formula is C9H15O2. The summed E-state index contributed by atoms with van der Waals surface area (Å²) in [6.07, 6.45) is 1.65. The van der Waals surface area contributed by atoms with Crippen LogP contribution >= 0.6 is 0 Å². The molecule has 1 aliphatic rings. The van der Waals surface area contributed by atoms with Crippen LogP contribution in [0.2, 0.25) is 0 Å². The van der Waals surface area contributed by atoms with E-state index in [9.17, 15) is 4.79 Å². The fourth-order valence-corrected chi connectivity index (χ4v) is 1.52. The van der Waals surface area contributed by atoms with E-state index in [1.54, 1.807) is 0 Å². The summed E-state index contributed by atoms with van der Waals surface area (Å²) in [6, 6.07) is 0. The lowest BCUT2D eigenvalue weighted by Crippen LogP contribution is -2.26. The summed E-state index contributed by atoms with van der Waals surface area (Å²) in [4.78, 5) is 10.7. The molecule has 2 atom stereocenters. The van der Waals surface area contributed by atoms with Gasteiger partial charge in [0.2, 0.25) is 0 Å². The molecule has 0 aromatic rings. The highest BCUT2D eigenvalue weighted by Crippen LogP contribution is 2.24. The van der Waals surface area contributed by atoms with Gasteiger partial charge >= 0.3 is 0 Å². The number of hydrogen-bond donors (Lipinski definition) is 0. The maximum atomic E-state index is 10.7. The van der Waals surface area contributed by atoms with Gasteiger partial charge in [0.15, 0.2) is 0 Å². The Balaban J connectivity index is 2.35. The predicted molar refractivity (Wildman–Crippen MR) is 43.1 cm³/mol. The van der Waals surface area contributed by atoms with Crippen LogP contribution in [0.1, 0.15) is 19.8 Å². The number of rotatable bonds is 2. The van der Waals surface area contributed by atoms with Crippen LogP contribution < -0.4 is 0 Å². The molecule has 2 unspecified atom stereocenters. The number of hydrogen-bond acceptors (Lipinski definition) is 2. The van der Waals surface area contributed by atoms with Crippen molar-refractivity contribution in [1.82, 2.24) is 0 Å². The van der Waals surface area contributed by atoms with Crippen LogP contribution in [-0.4, -0.2) is 19.0 Å². The maximum absolute atomic E-state index is 10.7. The molecule has 0 aliphatic carbocycles. The van der Waals surface area contributed by atoms with E-state index >= 15 is 0 Å². The molecule has 1 heterocycles. The van der Waals surface area contributed by atoms with E-state index in [1.165, 1.54) is 0 Å². The van der Waals surface area contributed by atoms with Gasteiger partial charge in [-0.15, -0.1) is 0 Å². The first-order valence-electron chi connectivity index (χ1n) is 4.12. The number of ether oxygens (including phenoxy) is 1. The van der Waals surface area contributed by atoms with E-state index in [0.29, 0.717) is 18.3 Å². The number of ketones is 1. The summed E-state index contributed by atoms with van der Waals surface area (Å²) in [5, 5.41) is 0. The summed E-state index contributed by atoms with van der Waals surface area (Å²) in [7, 11) is 0. The molecule has 11 heavy (non-hydrogen) atoms. The fraction of sp³-hybridized carbons (Fsp3) is 0.778. The number of carbonyl (C=O) groups is 1. The van der Waals surface area contributed by atoms with Crippen molar-refractivity contribution in [2.45, 2.75) is 19.8 Å². The third-order valence-corrected chi connectivity index (χ3v) is 2.31. The van der Waals surface area contributed by atoms with Gasteiger partial charge in [0.1, 0.15) is 5.78 Å². The lowest BCUT2D eigenvalue weighted by Gasteiger charge is -2.27. The van der Waals surface area contributed by atoms with Crippen LogP contribution in [0, 0.1) is 18.8 Å². The molecule has 0 aromatic carbocycles. The Morgan fingerprint density at radius 2 is 2.45 bits per heavy atom. The molecule has 0 spiro atoms. The first kappa shape index (κ1) is 8.72. The fourth-order valence-electron chi connectivity index (χ4n) is 1.52. The minimum absolute atomic E-state index is 0.0590. The molecule has 2 nitrogen and oxygen atoms in total. The molecule has 2 heteroatoms. The van der Waals surface area contributed by atoms with Gasteiger partial charge in [-0.3, -0.25) is 4.79 Å². The second kappa shape index (κ2) is 3.86. The van der Waals surface area contributed by atoms with Crippen molar-refractivity contribution < 1.29 is 9.53 Å². The Morgan fingerprint density at radius 1 is 1.73 bits per heavy atom. The quantitative estimate of drug-likeness (QED) is 0.603. The summed E-state index contributed by atoms with van der Waals surface area (Å²) >= 11 is 0. The van der Waals surface area contributed by atoms with E-state index in [4.69, 9.17) is 4.74 Å². The Labute approximate surface area is 67.9 Å². The summed E-state index contributed by atoms with van der Waals surface area (Å²) in [5.41, 5.74) is 0. The van der Waals surface area contributed by atoms with Gasteiger partial charge in [-0.1, -0.05) is 6.92 Å². The molecule has 1 rings (SSSR count). The van der Waals surface area contributed by atoms with Crippen molar-refractivity contribution in [3.8, 4) is 0 Å². The third kappa shape index (κ3) is 2.62. The monoisotopic (exact) mass is 155 g/mol. The van der Waals surface area contributed by atoms with E-state index in [1.807, 2.05) is 0 Å². The zero-order chi connectivity index (χ0) is 8.27. The van der Waals surface area contributed by atoms with Crippen LogP contribution in [0.5, 0.6) is 0 Å². The number of carbonyl (C=O) groups excluding carboxylic acids is 1. The van der Waals surface area contributed by atoms with Crippen LogP contribution in [0.4, 0.5) is 0 Å². The molecule has 63 valence electrons. The van der Waals surface area contributed by atoms with Crippen molar-refractivity contribution in [3.05, 3.63) is 6.92 Å². The highest BCUT2D eigenvalue weighted by Gasteiger charge is 2.22. The van der Waals surface area contributed by atoms with Gasteiger partial charge in [0.05, 0.1) is 0 Å². The zero-order valence-electron chi connectivity index (χ0n) is 7.01. The molecule has 0 saturated carbocycles. The summed E-state index contributed by atoms with van der Waals surface area (Å²) in [6.45, 7) is 7.13. The molecule has 1 aliphatic heterocycles. The van der Waals surface area contributed by atoms with Gasteiger partial charge in [-0.05, 0) is 18.3 Å². The second-order valence-corrected chi connectivity index (χ2v) is 3.34. The van der Waals surface area contributed by atoms with Crippen LogP contribution in [0.15, 0.2) is 0 Å². The molecule has 1 saturated heterocycles. The molecule has 1 radical (unpaired) electrons. The van der Waals surface area contributed by atoms with E-state index < -0.39 is 0 Å². The predicted octanol–water partition coefficient (Wildman–Crippen LogP) is 1.45. The Morgan fingerprint density at radius 3 is 3.00 bits per heavy atom. The number of Topliss-reactive ketones (excluding diaryl/α,β-unsaturated/α-hetero) is 1.